The summed E-state index contributed by atoms with van der Waals surface area (Å²) in [6.07, 6.45) is 0.857. The van der Waals surface area contributed by atoms with E-state index in [4.69, 9.17) is 4.52 Å². The zero-order chi connectivity index (χ0) is 24.3. The fourth-order valence-corrected chi connectivity index (χ4v) is 5.24. The van der Waals surface area contributed by atoms with Gasteiger partial charge in [-0.25, -0.2) is 17.2 Å². The molecule has 0 aliphatic carbocycles. The summed E-state index contributed by atoms with van der Waals surface area (Å²) in [5.74, 6) is -0.353. The van der Waals surface area contributed by atoms with E-state index in [-0.39, 0.29) is 49.1 Å². The summed E-state index contributed by atoms with van der Waals surface area (Å²) >= 11 is 0. The third kappa shape index (κ3) is 5.31. The Balaban J connectivity index is 1.33. The molecule has 34 heavy (non-hydrogen) atoms. The predicted octanol–water partition coefficient (Wildman–Crippen LogP) is 3.18. The van der Waals surface area contributed by atoms with E-state index in [9.17, 15) is 22.0 Å². The molecule has 2 heterocycles. The average molecular weight is 491 g/mol. The van der Waals surface area contributed by atoms with Gasteiger partial charge in [0.2, 0.25) is 27.6 Å². The number of hydrogen-bond acceptors (Lipinski definition) is 6. The monoisotopic (exact) mass is 490 g/mol. The summed E-state index contributed by atoms with van der Waals surface area (Å²) in [4.78, 5) is 18.7. The molecule has 8 nitrogen and oxygen atoms in total. The molecule has 1 aliphatic rings. The first-order valence-electron chi connectivity index (χ1n) is 10.9. The third-order valence-corrected chi connectivity index (χ3v) is 7.61. The minimum atomic E-state index is -3.76. The molecule has 0 saturated carbocycles. The zero-order valence-electron chi connectivity index (χ0n) is 18.6. The minimum absolute atomic E-state index is 0.0252. The highest BCUT2D eigenvalue weighted by atomic mass is 32.2. The SMILES string of the molecule is Cc1cc(-c2noc(CCC(=O)N3CCCN(S(=O)(=O)c4ccc(F)cc4)CC3)n2)ccc1F. The maximum Gasteiger partial charge on any atom is 0.243 e. The van der Waals surface area contributed by atoms with Gasteiger partial charge >= 0.3 is 0 Å². The van der Waals surface area contributed by atoms with Crippen molar-refractivity contribution in [2.75, 3.05) is 26.2 Å². The van der Waals surface area contributed by atoms with Crippen molar-refractivity contribution in [1.29, 1.82) is 0 Å². The summed E-state index contributed by atoms with van der Waals surface area (Å²) in [6.45, 7) is 2.75. The Bertz CT molecular complexity index is 1280. The number of rotatable bonds is 6. The van der Waals surface area contributed by atoms with Gasteiger partial charge in [-0.3, -0.25) is 4.79 Å². The molecule has 180 valence electrons. The van der Waals surface area contributed by atoms with Gasteiger partial charge in [0, 0.05) is 44.6 Å². The number of carbonyl (C=O) groups is 1. The topological polar surface area (TPSA) is 96.6 Å². The van der Waals surface area contributed by atoms with Crippen LogP contribution in [0.5, 0.6) is 0 Å². The number of aromatic nitrogens is 2. The molecule has 3 aromatic rings. The highest BCUT2D eigenvalue weighted by Crippen LogP contribution is 2.21. The van der Waals surface area contributed by atoms with Gasteiger partial charge in [-0.15, -0.1) is 0 Å². The lowest BCUT2D eigenvalue weighted by molar-refractivity contribution is -0.131. The van der Waals surface area contributed by atoms with Crippen molar-refractivity contribution in [2.24, 2.45) is 0 Å². The summed E-state index contributed by atoms with van der Waals surface area (Å²) in [7, 11) is -3.76. The van der Waals surface area contributed by atoms with Crippen LogP contribution in [0.25, 0.3) is 11.4 Å². The fourth-order valence-electron chi connectivity index (χ4n) is 3.77. The highest BCUT2D eigenvalue weighted by Gasteiger charge is 2.28. The van der Waals surface area contributed by atoms with E-state index in [1.54, 1.807) is 24.0 Å². The first-order chi connectivity index (χ1) is 16.2. The average Bonchev–Trinajstić information content (AvgIpc) is 3.14. The number of amides is 1. The van der Waals surface area contributed by atoms with Crippen LogP contribution in [0.15, 0.2) is 51.9 Å². The van der Waals surface area contributed by atoms with Crippen molar-refractivity contribution >= 4 is 15.9 Å². The molecule has 0 N–H and O–H groups in total. The summed E-state index contributed by atoms with van der Waals surface area (Å²) in [5.41, 5.74) is 1.09. The molecule has 0 radical (unpaired) electrons. The molecule has 1 amide bonds. The largest absolute Gasteiger partial charge is 0.341 e. The van der Waals surface area contributed by atoms with Crippen molar-refractivity contribution in [3.8, 4) is 11.4 Å². The van der Waals surface area contributed by atoms with Crippen LogP contribution in [-0.2, 0) is 21.2 Å². The van der Waals surface area contributed by atoms with Gasteiger partial charge in [0.25, 0.3) is 0 Å². The number of halogens is 2. The molecule has 0 bridgehead atoms. The van der Waals surface area contributed by atoms with Crippen molar-refractivity contribution in [2.45, 2.75) is 31.1 Å². The van der Waals surface area contributed by atoms with Gasteiger partial charge in [0.05, 0.1) is 4.90 Å². The Kier molecular flexibility index (Phi) is 7.03. The summed E-state index contributed by atoms with van der Waals surface area (Å²) < 4.78 is 58.9. The van der Waals surface area contributed by atoms with Gasteiger partial charge in [-0.2, -0.15) is 9.29 Å². The quantitative estimate of drug-likeness (QED) is 0.527. The maximum absolute atomic E-state index is 13.5. The number of nitrogens with zero attached hydrogens (tertiary/aromatic N) is 4. The van der Waals surface area contributed by atoms with Gasteiger partial charge in [0.15, 0.2) is 0 Å². The van der Waals surface area contributed by atoms with Crippen LogP contribution in [0.1, 0.15) is 24.3 Å². The molecule has 0 unspecified atom stereocenters. The Morgan fingerprint density at radius 3 is 2.56 bits per heavy atom. The molecule has 11 heteroatoms. The molecule has 2 aromatic carbocycles. The number of benzene rings is 2. The molecule has 0 spiro atoms. The van der Waals surface area contributed by atoms with Gasteiger partial charge < -0.3 is 9.42 Å². The van der Waals surface area contributed by atoms with E-state index in [1.165, 1.54) is 22.5 Å². The second kappa shape index (κ2) is 9.98. The number of hydrogen-bond donors (Lipinski definition) is 0. The van der Waals surface area contributed by atoms with Crippen LogP contribution in [0.4, 0.5) is 8.78 Å². The smallest absolute Gasteiger partial charge is 0.243 e. The summed E-state index contributed by atoms with van der Waals surface area (Å²) in [5, 5.41) is 3.90. The second-order valence-electron chi connectivity index (χ2n) is 8.07. The number of sulfonamides is 1. The lowest BCUT2D eigenvalue weighted by Gasteiger charge is -2.22. The number of carbonyl (C=O) groups excluding carboxylic acids is 1. The van der Waals surface area contributed by atoms with Crippen LogP contribution in [-0.4, -0.2) is 59.8 Å². The van der Waals surface area contributed by atoms with Crippen LogP contribution in [0.3, 0.4) is 0 Å². The van der Waals surface area contributed by atoms with Crippen molar-refractivity contribution in [3.05, 3.63) is 65.6 Å². The van der Waals surface area contributed by atoms with E-state index >= 15 is 0 Å². The standard InChI is InChI=1S/C23H24F2N4O4S/c1-16-15-17(3-8-20(16)25)23-26-21(33-27-23)9-10-22(30)28-11-2-12-29(14-13-28)34(31,32)19-6-4-18(24)5-7-19/h3-8,15H,2,9-14H2,1H3. The van der Waals surface area contributed by atoms with Crippen molar-refractivity contribution < 1.29 is 26.5 Å². The second-order valence-corrected chi connectivity index (χ2v) is 10.0. The molecule has 1 fully saturated rings. The van der Waals surface area contributed by atoms with Crippen LogP contribution >= 0.6 is 0 Å². The molecule has 0 atom stereocenters. The van der Waals surface area contributed by atoms with E-state index in [0.29, 0.717) is 35.8 Å². The molecular weight excluding hydrogens is 466 g/mol. The first kappa shape index (κ1) is 24.0. The van der Waals surface area contributed by atoms with Gasteiger partial charge in [0.1, 0.15) is 11.6 Å². The molecule has 1 saturated heterocycles. The van der Waals surface area contributed by atoms with Crippen LogP contribution in [0.2, 0.25) is 0 Å². The fraction of sp³-hybridized carbons (Fsp3) is 0.348. The Morgan fingerprint density at radius 1 is 1.06 bits per heavy atom. The highest BCUT2D eigenvalue weighted by molar-refractivity contribution is 7.89. The molecule has 1 aliphatic heterocycles. The Hall–Kier alpha value is -3.18. The third-order valence-electron chi connectivity index (χ3n) is 5.70. The molecule has 4 rings (SSSR count). The Morgan fingerprint density at radius 2 is 1.82 bits per heavy atom. The Labute approximate surface area is 196 Å². The van der Waals surface area contributed by atoms with E-state index < -0.39 is 15.8 Å². The lowest BCUT2D eigenvalue weighted by atomic mass is 10.1. The number of aryl methyl sites for hydroxylation is 2. The molecule has 1 aromatic heterocycles. The van der Waals surface area contributed by atoms with Crippen LogP contribution in [0, 0.1) is 18.6 Å². The lowest BCUT2D eigenvalue weighted by Crippen LogP contribution is -2.37. The van der Waals surface area contributed by atoms with Crippen LogP contribution < -0.4 is 0 Å². The summed E-state index contributed by atoms with van der Waals surface area (Å²) in [6, 6.07) is 9.22. The molecular formula is C23H24F2N4O4S. The van der Waals surface area contributed by atoms with E-state index in [2.05, 4.69) is 10.1 Å². The van der Waals surface area contributed by atoms with Gasteiger partial charge in [-0.1, -0.05) is 5.16 Å². The van der Waals surface area contributed by atoms with E-state index in [1.807, 2.05) is 0 Å². The maximum atomic E-state index is 13.5. The first-order valence-corrected chi connectivity index (χ1v) is 12.3. The van der Waals surface area contributed by atoms with E-state index in [0.717, 1.165) is 12.1 Å². The zero-order valence-corrected chi connectivity index (χ0v) is 19.4. The van der Waals surface area contributed by atoms with Gasteiger partial charge in [-0.05, 0) is 61.4 Å². The van der Waals surface area contributed by atoms with Crippen molar-refractivity contribution in [1.82, 2.24) is 19.3 Å². The normalized spacial score (nSPS) is 15.3. The predicted molar refractivity (Wildman–Crippen MR) is 119 cm³/mol. The minimum Gasteiger partial charge on any atom is -0.341 e. The van der Waals surface area contributed by atoms with Crippen molar-refractivity contribution in [3.63, 3.8) is 0 Å².